The number of aromatic nitrogens is 2. The Bertz CT molecular complexity index is 1490. The maximum atomic E-state index is 13.5. The van der Waals surface area contributed by atoms with Crippen LogP contribution in [0.3, 0.4) is 0 Å². The van der Waals surface area contributed by atoms with Crippen molar-refractivity contribution in [2.45, 2.75) is 18.4 Å². The average Bonchev–Trinajstić information content (AvgIpc) is 3.10. The summed E-state index contributed by atoms with van der Waals surface area (Å²) in [5.74, 6) is -0.706. The molecule has 0 atom stereocenters. The summed E-state index contributed by atoms with van der Waals surface area (Å²) >= 11 is 24.3. The van der Waals surface area contributed by atoms with Gasteiger partial charge in [0.2, 0.25) is 10.0 Å². The quantitative estimate of drug-likeness (QED) is 0.275. The minimum atomic E-state index is -3.98. The van der Waals surface area contributed by atoms with Gasteiger partial charge in [-0.2, -0.15) is 5.10 Å². The zero-order valence-electron chi connectivity index (χ0n) is 17.5. The van der Waals surface area contributed by atoms with Gasteiger partial charge in [0.25, 0.3) is 0 Å². The lowest BCUT2D eigenvalue weighted by Crippen LogP contribution is -2.24. The van der Waals surface area contributed by atoms with E-state index in [2.05, 4.69) is 9.82 Å². The minimum Gasteiger partial charge on any atom is -0.231 e. The van der Waals surface area contributed by atoms with Crippen molar-refractivity contribution in [3.8, 4) is 16.9 Å². The van der Waals surface area contributed by atoms with Gasteiger partial charge in [0.15, 0.2) is 0 Å². The van der Waals surface area contributed by atoms with Crippen LogP contribution >= 0.6 is 46.4 Å². The summed E-state index contributed by atoms with van der Waals surface area (Å²) in [6.45, 7) is 1.71. The molecule has 4 aromatic rings. The van der Waals surface area contributed by atoms with Gasteiger partial charge in [-0.3, -0.25) is 0 Å². The third-order valence-corrected chi connectivity index (χ3v) is 7.59. The molecule has 1 aromatic heterocycles. The molecule has 176 valence electrons. The van der Waals surface area contributed by atoms with E-state index >= 15 is 0 Å². The summed E-state index contributed by atoms with van der Waals surface area (Å²) in [5.41, 5.74) is 3.28. The zero-order chi connectivity index (χ0) is 24.6. The lowest BCUT2D eigenvalue weighted by molar-refractivity contribution is 0.579. The first-order valence-electron chi connectivity index (χ1n) is 9.81. The maximum absolute atomic E-state index is 13.5. The monoisotopic (exact) mass is 557 g/mol. The number of hydrogen-bond donors (Lipinski definition) is 1. The fourth-order valence-corrected chi connectivity index (χ4v) is 5.25. The molecule has 0 aliphatic carbocycles. The number of hydrogen-bond acceptors (Lipinski definition) is 3. The summed E-state index contributed by atoms with van der Waals surface area (Å²) < 4.78 is 43.1. The topological polar surface area (TPSA) is 64.0 Å². The summed E-state index contributed by atoms with van der Waals surface area (Å²) in [6.07, 6.45) is 0. The van der Waals surface area contributed by atoms with Crippen molar-refractivity contribution in [1.29, 1.82) is 0 Å². The summed E-state index contributed by atoms with van der Waals surface area (Å²) in [4.78, 5) is -0.158. The van der Waals surface area contributed by atoms with Gasteiger partial charge >= 0.3 is 0 Å². The van der Waals surface area contributed by atoms with Crippen LogP contribution in [0.15, 0.2) is 65.6 Å². The van der Waals surface area contributed by atoms with Crippen LogP contribution in [0.25, 0.3) is 16.9 Å². The molecule has 3 aromatic carbocycles. The lowest BCUT2D eigenvalue weighted by atomic mass is 10.1. The van der Waals surface area contributed by atoms with Crippen molar-refractivity contribution in [3.63, 3.8) is 0 Å². The fraction of sp³-hybridized carbons (Fsp3) is 0.0870. The van der Waals surface area contributed by atoms with Crippen LogP contribution in [0.4, 0.5) is 4.39 Å². The number of nitrogens with zero attached hydrogens (tertiary/aromatic N) is 2. The van der Waals surface area contributed by atoms with Crippen molar-refractivity contribution >= 4 is 56.4 Å². The van der Waals surface area contributed by atoms with Crippen molar-refractivity contribution in [2.75, 3.05) is 0 Å². The van der Waals surface area contributed by atoms with Gasteiger partial charge in [-0.15, -0.1) is 0 Å². The average molecular weight is 559 g/mol. The molecule has 0 amide bonds. The molecule has 0 spiro atoms. The van der Waals surface area contributed by atoms with Gasteiger partial charge in [-0.1, -0.05) is 58.5 Å². The number of halogens is 5. The molecule has 5 nitrogen and oxygen atoms in total. The predicted molar refractivity (Wildman–Crippen MR) is 134 cm³/mol. The third kappa shape index (κ3) is 5.10. The second kappa shape index (κ2) is 9.85. The van der Waals surface area contributed by atoms with Gasteiger partial charge in [-0.05, 0) is 55.5 Å². The summed E-state index contributed by atoms with van der Waals surface area (Å²) in [7, 11) is -3.98. The van der Waals surface area contributed by atoms with Gasteiger partial charge in [0.05, 0.1) is 38.6 Å². The highest BCUT2D eigenvalue weighted by molar-refractivity contribution is 7.89. The molecular formula is C23H16Cl4FN3O2S. The number of sulfonamides is 1. The lowest BCUT2D eigenvalue weighted by Gasteiger charge is -2.11. The van der Waals surface area contributed by atoms with Crippen molar-refractivity contribution in [3.05, 3.63) is 97.8 Å². The first-order valence-corrected chi connectivity index (χ1v) is 12.8. The largest absolute Gasteiger partial charge is 0.240 e. The summed E-state index contributed by atoms with van der Waals surface area (Å²) in [5, 5.41) is 5.77. The molecular weight excluding hydrogens is 543 g/mol. The Morgan fingerprint density at radius 2 is 1.59 bits per heavy atom. The molecule has 0 aliphatic rings. The molecule has 1 heterocycles. The van der Waals surface area contributed by atoms with E-state index in [0.29, 0.717) is 32.1 Å². The molecule has 34 heavy (non-hydrogen) atoms. The molecule has 0 fully saturated rings. The fourth-order valence-electron chi connectivity index (χ4n) is 3.37. The summed E-state index contributed by atoms with van der Waals surface area (Å²) in [6, 6.07) is 15.4. The van der Waals surface area contributed by atoms with Crippen LogP contribution in [0.2, 0.25) is 20.1 Å². The Kier molecular flexibility index (Phi) is 7.24. The van der Waals surface area contributed by atoms with Crippen molar-refractivity contribution < 1.29 is 12.8 Å². The third-order valence-electron chi connectivity index (χ3n) is 5.11. The Morgan fingerprint density at radius 1 is 0.912 bits per heavy atom. The smallest absolute Gasteiger partial charge is 0.231 e. The van der Waals surface area contributed by atoms with E-state index in [9.17, 15) is 12.8 Å². The van der Waals surface area contributed by atoms with E-state index in [1.807, 2.05) is 19.1 Å². The van der Waals surface area contributed by atoms with Gasteiger partial charge in [0, 0.05) is 21.2 Å². The van der Waals surface area contributed by atoms with Crippen molar-refractivity contribution in [1.82, 2.24) is 14.5 Å². The molecule has 0 saturated heterocycles. The minimum absolute atomic E-state index is 0.123. The highest BCUT2D eigenvalue weighted by atomic mass is 35.5. The molecule has 4 rings (SSSR count). The second-order valence-electron chi connectivity index (χ2n) is 7.34. The van der Waals surface area contributed by atoms with E-state index in [1.165, 1.54) is 0 Å². The molecule has 0 aliphatic heterocycles. The van der Waals surface area contributed by atoms with Gasteiger partial charge in [0.1, 0.15) is 5.82 Å². The second-order valence-corrected chi connectivity index (χ2v) is 10.8. The van der Waals surface area contributed by atoms with Gasteiger partial charge in [-0.25, -0.2) is 22.2 Å². The van der Waals surface area contributed by atoms with Crippen LogP contribution in [-0.2, 0) is 16.6 Å². The van der Waals surface area contributed by atoms with Crippen LogP contribution in [-0.4, -0.2) is 18.2 Å². The number of rotatable bonds is 6. The van der Waals surface area contributed by atoms with Crippen LogP contribution in [0.1, 0.15) is 11.3 Å². The number of benzene rings is 3. The Balaban J connectivity index is 1.76. The van der Waals surface area contributed by atoms with Gasteiger partial charge < -0.3 is 0 Å². The Hall–Kier alpha value is -2.13. The van der Waals surface area contributed by atoms with E-state index in [4.69, 9.17) is 46.4 Å². The molecule has 0 saturated carbocycles. The van der Waals surface area contributed by atoms with E-state index < -0.39 is 15.8 Å². The first kappa shape index (κ1) is 25.0. The predicted octanol–water partition coefficient (Wildman–Crippen LogP) is 7.08. The van der Waals surface area contributed by atoms with E-state index in [-0.39, 0.29) is 16.5 Å². The van der Waals surface area contributed by atoms with Crippen LogP contribution in [0.5, 0.6) is 0 Å². The standard InChI is InChI=1S/C23H16Cl4FN3O2S/c1-13-21(12-29-34(32,33)17-7-8-20(28)18(26)11-17)30-31(22-9-6-16(25)10-19(22)27)23(13)14-2-4-15(24)5-3-14/h2-11,29H,12H2,1H3. The van der Waals surface area contributed by atoms with Crippen molar-refractivity contribution in [2.24, 2.45) is 0 Å². The number of nitrogens with one attached hydrogen (secondary N) is 1. The first-order chi connectivity index (χ1) is 16.1. The highest BCUT2D eigenvalue weighted by Gasteiger charge is 2.22. The van der Waals surface area contributed by atoms with Crippen LogP contribution < -0.4 is 4.72 Å². The molecule has 1 N–H and O–H groups in total. The van der Waals surface area contributed by atoms with E-state index in [1.54, 1.807) is 35.0 Å². The zero-order valence-corrected chi connectivity index (χ0v) is 21.3. The Morgan fingerprint density at radius 3 is 2.24 bits per heavy atom. The normalized spacial score (nSPS) is 11.7. The molecule has 11 heteroatoms. The Labute approximate surface area is 216 Å². The molecule has 0 unspecified atom stereocenters. The maximum Gasteiger partial charge on any atom is 0.240 e. The van der Waals surface area contributed by atoms with E-state index in [0.717, 1.165) is 29.3 Å². The SMILES string of the molecule is Cc1c(CNS(=O)(=O)c2ccc(F)c(Cl)c2)nn(-c2ccc(Cl)cc2Cl)c1-c1ccc(Cl)cc1. The highest BCUT2D eigenvalue weighted by Crippen LogP contribution is 2.33. The van der Waals surface area contributed by atoms with Crippen LogP contribution in [0, 0.1) is 12.7 Å². The molecule has 0 bridgehead atoms. The molecule has 0 radical (unpaired) electrons.